The van der Waals surface area contributed by atoms with E-state index < -0.39 is 0 Å². The molecule has 1 atom stereocenters. The molecule has 1 N–H and O–H groups in total. The summed E-state index contributed by atoms with van der Waals surface area (Å²) < 4.78 is 0. The van der Waals surface area contributed by atoms with Crippen LogP contribution in [0, 0.1) is 0 Å². The summed E-state index contributed by atoms with van der Waals surface area (Å²) >= 11 is 0. The van der Waals surface area contributed by atoms with Gasteiger partial charge in [-0.05, 0) is 37.1 Å². The molecule has 1 saturated heterocycles. The van der Waals surface area contributed by atoms with Crippen LogP contribution in [-0.4, -0.2) is 23.9 Å². The molecule has 3 heteroatoms. The summed E-state index contributed by atoms with van der Waals surface area (Å²) in [6, 6.07) is 20.5. The Balaban J connectivity index is 1.62. The fraction of sp³-hybridized carbons (Fsp3) is 0.278. The molecule has 1 aliphatic heterocycles. The average molecular weight is 280 g/mol. The second-order valence-electron chi connectivity index (χ2n) is 5.45. The van der Waals surface area contributed by atoms with Crippen LogP contribution in [0.15, 0.2) is 60.7 Å². The van der Waals surface area contributed by atoms with Crippen molar-refractivity contribution in [2.75, 3.05) is 18.4 Å². The van der Waals surface area contributed by atoms with Gasteiger partial charge in [0.15, 0.2) is 0 Å². The van der Waals surface area contributed by atoms with E-state index in [-0.39, 0.29) is 5.91 Å². The molecule has 21 heavy (non-hydrogen) atoms. The fourth-order valence-electron chi connectivity index (χ4n) is 2.97. The predicted molar refractivity (Wildman–Crippen MR) is 85.1 cm³/mol. The van der Waals surface area contributed by atoms with Crippen LogP contribution in [-0.2, 0) is 4.79 Å². The highest BCUT2D eigenvalue weighted by Crippen LogP contribution is 2.31. The first-order valence-corrected chi connectivity index (χ1v) is 7.47. The molecular formula is C18H20N2O. The largest absolute Gasteiger partial charge is 0.325 e. The number of nitrogens with one attached hydrogen (secondary N) is 1. The number of likely N-dealkylation sites (tertiary alicyclic amines) is 1. The van der Waals surface area contributed by atoms with E-state index in [1.807, 2.05) is 36.4 Å². The number of benzene rings is 2. The minimum atomic E-state index is 0.0593. The van der Waals surface area contributed by atoms with Crippen molar-refractivity contribution in [3.63, 3.8) is 0 Å². The van der Waals surface area contributed by atoms with Crippen molar-refractivity contribution in [2.24, 2.45) is 0 Å². The number of hydrogen-bond acceptors (Lipinski definition) is 2. The molecule has 1 fully saturated rings. The SMILES string of the molecule is O=C(CN1CCCC1c1ccccc1)Nc1ccccc1. The average Bonchev–Trinajstić information content (AvgIpc) is 2.97. The van der Waals surface area contributed by atoms with E-state index in [1.54, 1.807) is 0 Å². The van der Waals surface area contributed by atoms with Gasteiger partial charge in [0, 0.05) is 11.7 Å². The number of hydrogen-bond donors (Lipinski definition) is 1. The molecule has 0 aliphatic carbocycles. The van der Waals surface area contributed by atoms with E-state index in [4.69, 9.17) is 0 Å². The Morgan fingerprint density at radius 1 is 1.05 bits per heavy atom. The highest BCUT2D eigenvalue weighted by molar-refractivity contribution is 5.92. The molecule has 1 unspecified atom stereocenters. The Bertz CT molecular complexity index is 583. The summed E-state index contributed by atoms with van der Waals surface area (Å²) in [7, 11) is 0. The van der Waals surface area contributed by atoms with Gasteiger partial charge in [-0.1, -0.05) is 48.5 Å². The van der Waals surface area contributed by atoms with Gasteiger partial charge in [0.25, 0.3) is 0 Å². The van der Waals surface area contributed by atoms with Crippen molar-refractivity contribution >= 4 is 11.6 Å². The number of nitrogens with zero attached hydrogens (tertiary/aromatic N) is 1. The third kappa shape index (κ3) is 3.50. The Hall–Kier alpha value is -2.13. The molecule has 1 heterocycles. The maximum Gasteiger partial charge on any atom is 0.238 e. The number of rotatable bonds is 4. The van der Waals surface area contributed by atoms with Crippen molar-refractivity contribution in [3.05, 3.63) is 66.2 Å². The van der Waals surface area contributed by atoms with Gasteiger partial charge in [0.2, 0.25) is 5.91 Å². The van der Waals surface area contributed by atoms with Crippen LogP contribution >= 0.6 is 0 Å². The van der Waals surface area contributed by atoms with Gasteiger partial charge < -0.3 is 5.32 Å². The van der Waals surface area contributed by atoms with Gasteiger partial charge in [-0.25, -0.2) is 0 Å². The molecule has 108 valence electrons. The van der Waals surface area contributed by atoms with Gasteiger partial charge in [0.1, 0.15) is 0 Å². The molecule has 3 rings (SSSR count). The topological polar surface area (TPSA) is 32.3 Å². The van der Waals surface area contributed by atoms with Crippen molar-refractivity contribution in [3.8, 4) is 0 Å². The maximum atomic E-state index is 12.2. The quantitative estimate of drug-likeness (QED) is 0.930. The summed E-state index contributed by atoms with van der Waals surface area (Å²) in [5, 5.41) is 2.96. The highest BCUT2D eigenvalue weighted by Gasteiger charge is 2.27. The van der Waals surface area contributed by atoms with E-state index in [0.717, 1.165) is 25.1 Å². The van der Waals surface area contributed by atoms with Gasteiger partial charge in [0.05, 0.1) is 6.54 Å². The lowest BCUT2D eigenvalue weighted by Crippen LogP contribution is -2.32. The fourth-order valence-corrected chi connectivity index (χ4v) is 2.97. The van der Waals surface area contributed by atoms with E-state index in [1.165, 1.54) is 5.56 Å². The van der Waals surface area contributed by atoms with Crippen LogP contribution in [0.2, 0.25) is 0 Å². The van der Waals surface area contributed by atoms with Crippen LogP contribution in [0.3, 0.4) is 0 Å². The smallest absolute Gasteiger partial charge is 0.238 e. The Morgan fingerprint density at radius 2 is 1.71 bits per heavy atom. The Kier molecular flexibility index (Phi) is 4.31. The monoisotopic (exact) mass is 280 g/mol. The van der Waals surface area contributed by atoms with Crippen LogP contribution in [0.1, 0.15) is 24.4 Å². The summed E-state index contributed by atoms with van der Waals surface area (Å²) in [4.78, 5) is 14.5. The third-order valence-electron chi connectivity index (χ3n) is 3.95. The van der Waals surface area contributed by atoms with E-state index in [9.17, 15) is 4.79 Å². The van der Waals surface area contributed by atoms with Crippen LogP contribution in [0.4, 0.5) is 5.69 Å². The van der Waals surface area contributed by atoms with Crippen molar-refractivity contribution in [1.82, 2.24) is 4.90 Å². The molecule has 1 amide bonds. The second kappa shape index (κ2) is 6.55. The highest BCUT2D eigenvalue weighted by atomic mass is 16.2. The van der Waals surface area contributed by atoms with Crippen molar-refractivity contribution < 1.29 is 4.79 Å². The molecule has 0 bridgehead atoms. The molecule has 0 aromatic heterocycles. The summed E-state index contributed by atoms with van der Waals surface area (Å²) in [6.07, 6.45) is 2.28. The van der Waals surface area contributed by atoms with E-state index in [0.29, 0.717) is 12.6 Å². The molecule has 0 saturated carbocycles. The van der Waals surface area contributed by atoms with Gasteiger partial charge in [-0.2, -0.15) is 0 Å². The van der Waals surface area contributed by atoms with Crippen molar-refractivity contribution in [1.29, 1.82) is 0 Å². The van der Waals surface area contributed by atoms with E-state index in [2.05, 4.69) is 34.5 Å². The lowest BCUT2D eigenvalue weighted by atomic mass is 10.0. The second-order valence-corrected chi connectivity index (χ2v) is 5.45. The van der Waals surface area contributed by atoms with E-state index >= 15 is 0 Å². The number of carbonyl (C=O) groups excluding carboxylic acids is 1. The first kappa shape index (κ1) is 13.8. The molecule has 2 aromatic rings. The first-order chi connectivity index (χ1) is 10.3. The summed E-state index contributed by atoms with van der Waals surface area (Å²) in [5.74, 6) is 0.0593. The maximum absolute atomic E-state index is 12.2. The lowest BCUT2D eigenvalue weighted by Gasteiger charge is -2.24. The van der Waals surface area contributed by atoms with Crippen LogP contribution < -0.4 is 5.32 Å². The minimum Gasteiger partial charge on any atom is -0.325 e. The summed E-state index contributed by atoms with van der Waals surface area (Å²) in [6.45, 7) is 1.44. The van der Waals surface area contributed by atoms with Crippen LogP contribution in [0.25, 0.3) is 0 Å². The summed E-state index contributed by atoms with van der Waals surface area (Å²) in [5.41, 5.74) is 2.17. The number of anilines is 1. The Labute approximate surface area is 125 Å². The molecule has 0 spiro atoms. The lowest BCUT2D eigenvalue weighted by molar-refractivity contribution is -0.117. The Morgan fingerprint density at radius 3 is 2.43 bits per heavy atom. The zero-order valence-corrected chi connectivity index (χ0v) is 12.0. The van der Waals surface area contributed by atoms with Gasteiger partial charge >= 0.3 is 0 Å². The molecule has 3 nitrogen and oxygen atoms in total. The predicted octanol–water partition coefficient (Wildman–Crippen LogP) is 3.46. The molecule has 1 aliphatic rings. The zero-order valence-electron chi connectivity index (χ0n) is 12.0. The van der Waals surface area contributed by atoms with Gasteiger partial charge in [-0.3, -0.25) is 9.69 Å². The molecule has 2 aromatic carbocycles. The normalized spacial score (nSPS) is 18.6. The first-order valence-electron chi connectivity index (χ1n) is 7.47. The zero-order chi connectivity index (χ0) is 14.5. The number of carbonyl (C=O) groups is 1. The molecule has 0 radical (unpaired) electrons. The standard InChI is InChI=1S/C18H20N2O/c21-18(19-16-10-5-2-6-11-16)14-20-13-7-12-17(20)15-8-3-1-4-9-15/h1-6,8-11,17H,7,12-14H2,(H,19,21). The number of amides is 1. The third-order valence-corrected chi connectivity index (χ3v) is 3.95. The minimum absolute atomic E-state index is 0.0593. The number of para-hydroxylation sites is 1. The van der Waals surface area contributed by atoms with Crippen LogP contribution in [0.5, 0.6) is 0 Å². The van der Waals surface area contributed by atoms with Crippen molar-refractivity contribution in [2.45, 2.75) is 18.9 Å². The van der Waals surface area contributed by atoms with Gasteiger partial charge in [-0.15, -0.1) is 0 Å². The molecular weight excluding hydrogens is 260 g/mol.